The smallest absolute Gasteiger partial charge is 0.237 e. The summed E-state index contributed by atoms with van der Waals surface area (Å²) in [7, 11) is 0. The van der Waals surface area contributed by atoms with E-state index in [4.69, 9.17) is 18.8 Å². The molecule has 0 spiro atoms. The first-order valence-corrected chi connectivity index (χ1v) is 19.7. The summed E-state index contributed by atoms with van der Waals surface area (Å²) in [6, 6.07) is 22.5. The van der Waals surface area contributed by atoms with Crippen LogP contribution >= 0.6 is 11.3 Å². The highest BCUT2D eigenvalue weighted by atomic mass is 32.1. The van der Waals surface area contributed by atoms with E-state index in [0.29, 0.717) is 11.8 Å². The fourth-order valence-corrected chi connectivity index (χ4v) is 7.99. The number of hydrogen-bond acceptors (Lipinski definition) is 5. The molecule has 0 aliphatic rings. The van der Waals surface area contributed by atoms with Gasteiger partial charge in [-0.1, -0.05) is 119 Å². The Labute approximate surface area is 307 Å². The van der Waals surface area contributed by atoms with E-state index in [1.807, 2.05) is 0 Å². The maximum Gasteiger partial charge on any atom is 0.237 e. The third kappa shape index (κ3) is 5.90. The molecule has 0 N–H and O–H groups in total. The van der Waals surface area contributed by atoms with Gasteiger partial charge in [0.05, 0.1) is 9.75 Å². The van der Waals surface area contributed by atoms with Gasteiger partial charge in [-0.25, -0.2) is 9.97 Å². The van der Waals surface area contributed by atoms with Crippen molar-refractivity contribution in [1.82, 2.24) is 9.97 Å². The molecule has 0 aliphatic heterocycles. The fraction of sp³-hybridized carbons (Fsp3) is 0.435. The lowest BCUT2D eigenvalue weighted by molar-refractivity contribution is 0.504. The number of aromatic nitrogens is 2. The molecule has 0 unspecified atom stereocenters. The van der Waals surface area contributed by atoms with Crippen LogP contribution in [0.3, 0.4) is 0 Å². The molecule has 0 saturated heterocycles. The van der Waals surface area contributed by atoms with Crippen LogP contribution in [0.1, 0.15) is 131 Å². The highest BCUT2D eigenvalue weighted by molar-refractivity contribution is 7.18. The van der Waals surface area contributed by atoms with Gasteiger partial charge in [-0.15, -0.1) is 11.3 Å². The lowest BCUT2D eigenvalue weighted by Gasteiger charge is -2.28. The van der Waals surface area contributed by atoms with Gasteiger partial charge in [-0.3, -0.25) is 0 Å². The molecule has 0 fully saturated rings. The Kier molecular flexibility index (Phi) is 8.57. The van der Waals surface area contributed by atoms with Crippen molar-refractivity contribution < 1.29 is 8.83 Å². The Morgan fingerprint density at radius 1 is 0.471 bits per heavy atom. The van der Waals surface area contributed by atoms with E-state index in [0.717, 1.165) is 68.4 Å². The van der Waals surface area contributed by atoms with E-state index >= 15 is 0 Å². The van der Waals surface area contributed by atoms with Crippen molar-refractivity contribution in [2.24, 2.45) is 0 Å². The number of thiophene rings is 1. The second-order valence-corrected chi connectivity index (χ2v) is 18.3. The van der Waals surface area contributed by atoms with E-state index in [2.05, 4.69) is 144 Å². The van der Waals surface area contributed by atoms with E-state index in [1.54, 1.807) is 11.3 Å². The van der Waals surface area contributed by atoms with Gasteiger partial charge in [-0.2, -0.15) is 0 Å². The van der Waals surface area contributed by atoms with E-state index in [1.165, 1.54) is 33.0 Å². The Hall–Kier alpha value is -3.96. The van der Waals surface area contributed by atoms with Crippen LogP contribution in [0.5, 0.6) is 0 Å². The molecule has 3 heterocycles. The summed E-state index contributed by atoms with van der Waals surface area (Å²) in [5.41, 5.74) is 9.02. The summed E-state index contributed by atoms with van der Waals surface area (Å²) in [5.74, 6) is 1.26. The monoisotopic (exact) mass is 698 g/mol. The fourth-order valence-electron chi connectivity index (χ4n) is 7.13. The zero-order valence-electron chi connectivity index (χ0n) is 32.7. The Bertz CT molecular complexity index is 2260. The van der Waals surface area contributed by atoms with E-state index in [-0.39, 0.29) is 21.7 Å². The molecule has 0 bridgehead atoms. The van der Waals surface area contributed by atoms with Gasteiger partial charge >= 0.3 is 0 Å². The molecule has 5 heteroatoms. The number of oxazole rings is 2. The average molecular weight is 699 g/mol. The number of nitrogens with zero attached hydrogens (tertiary/aromatic N) is 2. The second-order valence-electron chi connectivity index (χ2n) is 17.2. The van der Waals surface area contributed by atoms with Crippen molar-refractivity contribution in [2.75, 3.05) is 0 Å². The zero-order chi connectivity index (χ0) is 36.7. The van der Waals surface area contributed by atoms with Crippen LogP contribution in [-0.4, -0.2) is 9.97 Å². The largest absolute Gasteiger partial charge is 0.435 e. The Morgan fingerprint density at radius 2 is 0.843 bits per heavy atom. The minimum Gasteiger partial charge on any atom is -0.435 e. The molecule has 7 aromatic rings. The molecule has 4 nitrogen and oxygen atoms in total. The molecule has 3 aromatic heterocycles. The number of benzene rings is 4. The SMILES string of the molecule is CCC(C)(C)c1ccc2c(c1)c(C(C)(C)CC)cc1nc(-c3ccc(-c4nc5cc(C(C)(C)CC)c6cc(C(C)(C)CC)ccc6c5o4)s3)oc12. The lowest BCUT2D eigenvalue weighted by atomic mass is 9.77. The van der Waals surface area contributed by atoms with Crippen LogP contribution in [0.4, 0.5) is 0 Å². The lowest BCUT2D eigenvalue weighted by Crippen LogP contribution is -2.18. The van der Waals surface area contributed by atoms with Crippen LogP contribution in [-0.2, 0) is 21.7 Å². The summed E-state index contributed by atoms with van der Waals surface area (Å²) < 4.78 is 13.3. The maximum absolute atomic E-state index is 6.65. The van der Waals surface area contributed by atoms with E-state index < -0.39 is 0 Å². The van der Waals surface area contributed by atoms with Gasteiger partial charge in [-0.05, 0) is 105 Å². The maximum atomic E-state index is 6.65. The summed E-state index contributed by atoms with van der Waals surface area (Å²) in [6.07, 6.45) is 4.21. The third-order valence-corrected chi connectivity index (χ3v) is 13.6. The predicted molar refractivity (Wildman–Crippen MR) is 219 cm³/mol. The van der Waals surface area contributed by atoms with Crippen molar-refractivity contribution in [3.8, 4) is 21.5 Å². The van der Waals surface area contributed by atoms with Crippen molar-refractivity contribution in [3.05, 3.63) is 82.9 Å². The van der Waals surface area contributed by atoms with Crippen molar-refractivity contribution in [1.29, 1.82) is 0 Å². The van der Waals surface area contributed by atoms with Gasteiger partial charge < -0.3 is 8.83 Å². The molecular weight excluding hydrogens is 645 g/mol. The minimum absolute atomic E-state index is 0.00620. The van der Waals surface area contributed by atoms with Crippen LogP contribution in [0.15, 0.2) is 69.5 Å². The van der Waals surface area contributed by atoms with Crippen molar-refractivity contribution in [3.63, 3.8) is 0 Å². The Morgan fingerprint density at radius 3 is 1.20 bits per heavy atom. The molecule has 51 heavy (non-hydrogen) atoms. The number of rotatable bonds is 10. The van der Waals surface area contributed by atoms with Crippen LogP contribution in [0.2, 0.25) is 0 Å². The van der Waals surface area contributed by atoms with Crippen LogP contribution < -0.4 is 0 Å². The van der Waals surface area contributed by atoms with Gasteiger partial charge in [0.1, 0.15) is 11.0 Å². The quantitative estimate of drug-likeness (QED) is 0.143. The summed E-state index contributed by atoms with van der Waals surface area (Å²) >= 11 is 1.61. The zero-order valence-corrected chi connectivity index (χ0v) is 33.5. The Balaban J connectivity index is 1.34. The normalized spacial score (nSPS) is 13.4. The van der Waals surface area contributed by atoms with Crippen molar-refractivity contribution in [2.45, 2.75) is 130 Å². The average Bonchev–Trinajstić information content (AvgIpc) is 3.89. The van der Waals surface area contributed by atoms with Gasteiger partial charge in [0.15, 0.2) is 11.2 Å². The molecule has 0 atom stereocenters. The summed E-state index contributed by atoms with van der Waals surface area (Å²) in [5, 5.41) is 4.77. The van der Waals surface area contributed by atoms with Crippen LogP contribution in [0.25, 0.3) is 65.3 Å². The summed E-state index contributed by atoms with van der Waals surface area (Å²) in [6.45, 7) is 27.7. The molecule has 0 amide bonds. The second kappa shape index (κ2) is 12.3. The standard InChI is InChI=1S/C46H54N2O2S/c1-13-43(5,6)27-17-19-29-31(23-27)33(45(9,10)15-3)25-35-39(29)49-41(47-35)37-21-22-38(51-37)42-48-36-26-34(46(11,12)16-4)32-24-28(44(7,8)14-2)18-20-30(32)40(36)50-42/h17-26H,13-16H2,1-12H3. The highest BCUT2D eigenvalue weighted by Crippen LogP contribution is 2.44. The first kappa shape index (κ1) is 35.4. The number of fused-ring (bicyclic) bond motifs is 6. The van der Waals surface area contributed by atoms with Crippen molar-refractivity contribution >= 4 is 55.1 Å². The molecule has 4 aromatic carbocycles. The van der Waals surface area contributed by atoms with Crippen LogP contribution in [0, 0.1) is 0 Å². The number of hydrogen-bond donors (Lipinski definition) is 0. The first-order chi connectivity index (χ1) is 24.0. The molecular formula is C46H54N2O2S. The summed E-state index contributed by atoms with van der Waals surface area (Å²) in [4.78, 5) is 12.1. The molecule has 7 rings (SSSR count). The minimum atomic E-state index is -0.00620. The highest BCUT2D eigenvalue weighted by Gasteiger charge is 2.29. The molecule has 0 saturated carbocycles. The van der Waals surface area contributed by atoms with Gasteiger partial charge in [0.2, 0.25) is 11.8 Å². The third-order valence-electron chi connectivity index (χ3n) is 12.6. The van der Waals surface area contributed by atoms with Gasteiger partial charge in [0.25, 0.3) is 0 Å². The molecule has 0 aliphatic carbocycles. The topological polar surface area (TPSA) is 52.1 Å². The first-order valence-electron chi connectivity index (χ1n) is 18.9. The molecule has 0 radical (unpaired) electrons. The van der Waals surface area contributed by atoms with Gasteiger partial charge in [0, 0.05) is 10.8 Å². The predicted octanol–water partition coefficient (Wildman–Crippen LogP) is 14.4. The molecule has 266 valence electrons. The van der Waals surface area contributed by atoms with E-state index in [9.17, 15) is 0 Å².